The van der Waals surface area contributed by atoms with E-state index in [1.807, 2.05) is 76.2 Å². The first-order chi connectivity index (χ1) is 18.6. The molecule has 0 fully saturated rings. The summed E-state index contributed by atoms with van der Waals surface area (Å²) in [5.74, 6) is -0.191. The second-order valence-corrected chi connectivity index (χ2v) is 10.8. The Morgan fingerprint density at radius 3 is 2.41 bits per heavy atom. The van der Waals surface area contributed by atoms with E-state index < -0.39 is 17.6 Å². The van der Waals surface area contributed by atoms with Gasteiger partial charge in [0, 0.05) is 23.2 Å². The summed E-state index contributed by atoms with van der Waals surface area (Å²) in [7, 11) is 1.55. The molecular weight excluding hydrogens is 492 g/mol. The minimum absolute atomic E-state index is 0.162. The molecule has 3 aromatic carbocycles. The van der Waals surface area contributed by atoms with Crippen LogP contribution in [0.2, 0.25) is 0 Å². The van der Waals surface area contributed by atoms with E-state index in [1.54, 1.807) is 31.4 Å². The summed E-state index contributed by atoms with van der Waals surface area (Å²) in [6.45, 7) is 7.46. The molecule has 4 amide bonds. The number of urea groups is 1. The normalized spacial score (nSPS) is 17.1. The zero-order valence-corrected chi connectivity index (χ0v) is 23.1. The van der Waals surface area contributed by atoms with Crippen molar-refractivity contribution in [3.05, 3.63) is 89.5 Å². The van der Waals surface area contributed by atoms with Gasteiger partial charge in [-0.1, -0.05) is 54.6 Å². The number of amides is 4. The van der Waals surface area contributed by atoms with E-state index in [2.05, 4.69) is 16.0 Å². The Bertz CT molecular complexity index is 1350. The van der Waals surface area contributed by atoms with E-state index in [0.717, 1.165) is 16.7 Å². The number of hydrogen-bond donors (Lipinski definition) is 3. The first-order valence-electron chi connectivity index (χ1n) is 13.0. The molecule has 2 unspecified atom stereocenters. The van der Waals surface area contributed by atoms with Crippen molar-refractivity contribution in [3.63, 3.8) is 0 Å². The number of aryl methyl sites for hydroxylation is 1. The van der Waals surface area contributed by atoms with Crippen molar-refractivity contribution in [2.24, 2.45) is 0 Å². The van der Waals surface area contributed by atoms with Crippen LogP contribution in [0, 0.1) is 6.92 Å². The molecule has 0 spiro atoms. The van der Waals surface area contributed by atoms with Gasteiger partial charge in [-0.25, -0.2) is 4.79 Å². The third-order valence-electron chi connectivity index (χ3n) is 6.60. The molecule has 1 aliphatic heterocycles. The summed E-state index contributed by atoms with van der Waals surface area (Å²) < 4.78 is 5.25. The lowest BCUT2D eigenvalue weighted by atomic mass is 9.85. The van der Waals surface area contributed by atoms with Crippen LogP contribution in [-0.2, 0) is 9.59 Å². The van der Waals surface area contributed by atoms with Crippen molar-refractivity contribution in [2.45, 2.75) is 51.6 Å². The van der Waals surface area contributed by atoms with Crippen LogP contribution in [-0.4, -0.2) is 43.1 Å². The summed E-state index contributed by atoms with van der Waals surface area (Å²) in [5, 5.41) is 8.64. The van der Waals surface area contributed by atoms with Gasteiger partial charge >= 0.3 is 6.03 Å². The minimum atomic E-state index is -0.880. The number of ether oxygens (including phenoxy) is 1. The molecule has 0 radical (unpaired) electrons. The maximum absolute atomic E-state index is 14.1. The lowest BCUT2D eigenvalue weighted by Gasteiger charge is -2.29. The first kappa shape index (κ1) is 27.7. The Balaban J connectivity index is 1.72. The molecular formula is C31H36N4O4. The average Bonchev–Trinajstić information content (AvgIpc) is 2.99. The van der Waals surface area contributed by atoms with Gasteiger partial charge in [-0.05, 0) is 62.9 Å². The van der Waals surface area contributed by atoms with Gasteiger partial charge in [0.25, 0.3) is 0 Å². The number of anilines is 2. The van der Waals surface area contributed by atoms with Crippen LogP contribution in [0.3, 0.4) is 0 Å². The van der Waals surface area contributed by atoms with Crippen molar-refractivity contribution in [3.8, 4) is 5.75 Å². The van der Waals surface area contributed by atoms with Crippen LogP contribution in [0.1, 0.15) is 49.8 Å². The van der Waals surface area contributed by atoms with Crippen molar-refractivity contribution in [1.82, 2.24) is 10.6 Å². The zero-order valence-electron chi connectivity index (χ0n) is 23.1. The third-order valence-corrected chi connectivity index (χ3v) is 6.60. The van der Waals surface area contributed by atoms with Crippen LogP contribution >= 0.6 is 0 Å². The van der Waals surface area contributed by atoms with Gasteiger partial charge in [-0.15, -0.1) is 0 Å². The lowest BCUT2D eigenvalue weighted by Crippen LogP contribution is -2.53. The number of rotatable bonds is 6. The van der Waals surface area contributed by atoms with Gasteiger partial charge in [-0.2, -0.15) is 0 Å². The monoisotopic (exact) mass is 528 g/mol. The number of hydrogen-bond acceptors (Lipinski definition) is 4. The maximum Gasteiger partial charge on any atom is 0.319 e. The van der Waals surface area contributed by atoms with E-state index in [9.17, 15) is 14.4 Å². The fraction of sp³-hybridized carbons (Fsp3) is 0.323. The highest BCUT2D eigenvalue weighted by atomic mass is 16.5. The molecule has 1 heterocycles. The molecule has 0 saturated heterocycles. The van der Waals surface area contributed by atoms with Gasteiger partial charge < -0.3 is 25.6 Å². The van der Waals surface area contributed by atoms with Crippen LogP contribution < -0.4 is 25.6 Å². The second-order valence-electron chi connectivity index (χ2n) is 10.8. The predicted octanol–water partition coefficient (Wildman–Crippen LogP) is 4.98. The summed E-state index contributed by atoms with van der Waals surface area (Å²) in [6, 6.07) is 21.4. The Morgan fingerprint density at radius 1 is 1.00 bits per heavy atom. The Kier molecular flexibility index (Phi) is 8.24. The Hall–Kier alpha value is -4.33. The number of nitrogens with one attached hydrogen (secondary N) is 3. The van der Waals surface area contributed by atoms with Gasteiger partial charge in [0.1, 0.15) is 18.3 Å². The number of para-hydroxylation sites is 1. The zero-order chi connectivity index (χ0) is 28.2. The molecule has 3 N–H and O–H groups in total. The molecule has 0 bridgehead atoms. The second kappa shape index (κ2) is 11.6. The first-order valence-corrected chi connectivity index (χ1v) is 13.0. The lowest BCUT2D eigenvalue weighted by molar-refractivity contribution is -0.125. The summed E-state index contributed by atoms with van der Waals surface area (Å²) in [4.78, 5) is 41.8. The molecule has 0 aliphatic carbocycles. The van der Waals surface area contributed by atoms with Gasteiger partial charge in [0.05, 0.1) is 12.8 Å². The standard InChI is InChI=1S/C31H36N4O4/c1-20-11-9-16-24-25(21-12-7-6-8-13-21)18-26(33-30(38)32-22-14-10-15-23(17-22)39-5)29(37)35(28(20)24)19-27(36)34-31(2,3)4/h6-17,25-26H,18-19H2,1-5H3,(H,34,36)(H2,32,33,38). The molecule has 0 saturated carbocycles. The van der Waals surface area contributed by atoms with E-state index in [4.69, 9.17) is 4.74 Å². The fourth-order valence-electron chi connectivity index (χ4n) is 5.00. The molecule has 0 aromatic heterocycles. The predicted molar refractivity (Wildman–Crippen MR) is 153 cm³/mol. The van der Waals surface area contributed by atoms with Crippen LogP contribution in [0.15, 0.2) is 72.8 Å². The van der Waals surface area contributed by atoms with Crippen LogP contribution in [0.25, 0.3) is 0 Å². The number of nitrogens with zero attached hydrogens (tertiary/aromatic N) is 1. The molecule has 39 heavy (non-hydrogen) atoms. The average molecular weight is 529 g/mol. The molecule has 4 rings (SSSR count). The number of carbonyl (C=O) groups is 3. The molecule has 204 valence electrons. The largest absolute Gasteiger partial charge is 0.497 e. The molecule has 8 heteroatoms. The van der Waals surface area contributed by atoms with Crippen molar-refractivity contribution in [1.29, 1.82) is 0 Å². The van der Waals surface area contributed by atoms with Crippen molar-refractivity contribution in [2.75, 3.05) is 23.9 Å². The highest BCUT2D eigenvalue weighted by molar-refractivity contribution is 6.05. The number of benzene rings is 3. The van der Waals surface area contributed by atoms with Crippen LogP contribution in [0.4, 0.5) is 16.2 Å². The Labute approximate surface area is 229 Å². The minimum Gasteiger partial charge on any atom is -0.497 e. The smallest absolute Gasteiger partial charge is 0.319 e. The molecule has 1 aliphatic rings. The molecule has 2 atom stereocenters. The number of fused-ring (bicyclic) bond motifs is 1. The van der Waals surface area contributed by atoms with Gasteiger partial charge in [-0.3, -0.25) is 9.59 Å². The summed E-state index contributed by atoms with van der Waals surface area (Å²) in [6.07, 6.45) is 0.336. The van der Waals surface area contributed by atoms with E-state index in [1.165, 1.54) is 4.90 Å². The van der Waals surface area contributed by atoms with E-state index in [0.29, 0.717) is 23.5 Å². The highest BCUT2D eigenvalue weighted by Crippen LogP contribution is 2.40. The number of methoxy groups -OCH3 is 1. The SMILES string of the molecule is COc1cccc(NC(=O)NC2CC(c3ccccc3)c3cccc(C)c3N(CC(=O)NC(C)(C)C)C2=O)c1. The topological polar surface area (TPSA) is 99.8 Å². The Morgan fingerprint density at radius 2 is 1.72 bits per heavy atom. The van der Waals surface area contributed by atoms with Crippen molar-refractivity contribution < 1.29 is 19.1 Å². The maximum atomic E-state index is 14.1. The van der Waals surface area contributed by atoms with E-state index >= 15 is 0 Å². The fourth-order valence-corrected chi connectivity index (χ4v) is 5.00. The quantitative estimate of drug-likeness (QED) is 0.420. The number of carbonyl (C=O) groups excluding carboxylic acids is 3. The highest BCUT2D eigenvalue weighted by Gasteiger charge is 2.38. The van der Waals surface area contributed by atoms with Gasteiger partial charge in [0.2, 0.25) is 11.8 Å². The molecule has 3 aromatic rings. The third kappa shape index (κ3) is 6.76. The molecule has 8 nitrogen and oxygen atoms in total. The van der Waals surface area contributed by atoms with Crippen LogP contribution in [0.5, 0.6) is 5.75 Å². The summed E-state index contributed by atoms with van der Waals surface area (Å²) >= 11 is 0. The van der Waals surface area contributed by atoms with E-state index in [-0.39, 0.29) is 24.3 Å². The summed E-state index contributed by atoms with van der Waals surface area (Å²) in [5.41, 5.74) is 3.63. The van der Waals surface area contributed by atoms with Crippen molar-refractivity contribution >= 4 is 29.2 Å². The van der Waals surface area contributed by atoms with Gasteiger partial charge in [0.15, 0.2) is 0 Å².